The van der Waals surface area contributed by atoms with Gasteiger partial charge in [0.25, 0.3) is 0 Å². The smallest absolute Gasteiger partial charge is 0.00461 e. The Bertz CT molecular complexity index is 670. The summed E-state index contributed by atoms with van der Waals surface area (Å²) in [5.41, 5.74) is 4.91. The average Bonchev–Trinajstić information content (AvgIpc) is 2.48. The SMILES string of the molecule is Sc1cccc(-c2ccc(-c3ccccc3)cc2)c1. The van der Waals surface area contributed by atoms with Gasteiger partial charge in [-0.25, -0.2) is 0 Å². The number of thiol groups is 1. The van der Waals surface area contributed by atoms with E-state index in [4.69, 9.17) is 0 Å². The molecule has 0 saturated carbocycles. The Kier molecular flexibility index (Phi) is 3.39. The van der Waals surface area contributed by atoms with Crippen LogP contribution < -0.4 is 0 Å². The Balaban J connectivity index is 1.95. The molecule has 1 heteroatoms. The van der Waals surface area contributed by atoms with Crippen LogP contribution in [0.1, 0.15) is 0 Å². The van der Waals surface area contributed by atoms with Crippen LogP contribution in [0.25, 0.3) is 22.3 Å². The largest absolute Gasteiger partial charge is 0.143 e. The lowest BCUT2D eigenvalue weighted by Gasteiger charge is -2.05. The van der Waals surface area contributed by atoms with Crippen LogP contribution in [-0.2, 0) is 0 Å². The Hall–Kier alpha value is -1.99. The Labute approximate surface area is 119 Å². The first-order valence-electron chi connectivity index (χ1n) is 6.28. The normalized spacial score (nSPS) is 10.4. The molecule has 0 amide bonds. The number of hydrogen-bond donors (Lipinski definition) is 1. The topological polar surface area (TPSA) is 0 Å². The van der Waals surface area contributed by atoms with Crippen molar-refractivity contribution in [3.8, 4) is 22.3 Å². The molecule has 0 aliphatic rings. The van der Waals surface area contributed by atoms with Crippen LogP contribution in [0.4, 0.5) is 0 Å². The van der Waals surface area contributed by atoms with E-state index in [-0.39, 0.29) is 0 Å². The van der Waals surface area contributed by atoms with Crippen molar-refractivity contribution >= 4 is 12.6 Å². The van der Waals surface area contributed by atoms with Crippen LogP contribution in [0.5, 0.6) is 0 Å². The number of rotatable bonds is 2. The monoisotopic (exact) mass is 262 g/mol. The maximum absolute atomic E-state index is 4.38. The molecule has 0 saturated heterocycles. The Morgan fingerprint density at radius 1 is 0.474 bits per heavy atom. The molecule has 3 rings (SSSR count). The van der Waals surface area contributed by atoms with Crippen molar-refractivity contribution in [3.63, 3.8) is 0 Å². The van der Waals surface area contributed by atoms with Gasteiger partial charge in [-0.3, -0.25) is 0 Å². The molecule has 0 radical (unpaired) electrons. The fourth-order valence-electron chi connectivity index (χ4n) is 2.17. The minimum absolute atomic E-state index is 0.990. The zero-order valence-electron chi connectivity index (χ0n) is 10.5. The van der Waals surface area contributed by atoms with Crippen molar-refractivity contribution < 1.29 is 0 Å². The molecule has 0 nitrogen and oxygen atoms in total. The van der Waals surface area contributed by atoms with Gasteiger partial charge in [0.15, 0.2) is 0 Å². The van der Waals surface area contributed by atoms with Gasteiger partial charge in [-0.2, -0.15) is 0 Å². The predicted octanol–water partition coefficient (Wildman–Crippen LogP) is 5.31. The van der Waals surface area contributed by atoms with Gasteiger partial charge >= 0.3 is 0 Å². The van der Waals surface area contributed by atoms with Crippen LogP contribution in [0.15, 0.2) is 83.8 Å². The molecule has 0 aromatic heterocycles. The second-order valence-corrected chi connectivity index (χ2v) is 5.01. The molecule has 0 aliphatic carbocycles. The first-order valence-corrected chi connectivity index (χ1v) is 6.72. The lowest BCUT2D eigenvalue weighted by atomic mass is 10.0. The van der Waals surface area contributed by atoms with E-state index in [1.54, 1.807) is 0 Å². The number of benzene rings is 3. The van der Waals surface area contributed by atoms with Gasteiger partial charge in [-0.05, 0) is 34.4 Å². The molecule has 0 atom stereocenters. The van der Waals surface area contributed by atoms with Crippen molar-refractivity contribution in [1.29, 1.82) is 0 Å². The third kappa shape index (κ3) is 2.72. The molecule has 0 aliphatic heterocycles. The highest BCUT2D eigenvalue weighted by Gasteiger charge is 2.00. The predicted molar refractivity (Wildman–Crippen MR) is 84.6 cm³/mol. The number of hydrogen-bond acceptors (Lipinski definition) is 1. The summed E-state index contributed by atoms with van der Waals surface area (Å²) in [6.07, 6.45) is 0. The molecular formula is C18H14S. The average molecular weight is 262 g/mol. The van der Waals surface area contributed by atoms with Crippen LogP contribution in [0.2, 0.25) is 0 Å². The molecule has 92 valence electrons. The molecule has 0 heterocycles. The van der Waals surface area contributed by atoms with Crippen molar-refractivity contribution in [2.24, 2.45) is 0 Å². The fraction of sp³-hybridized carbons (Fsp3) is 0. The summed E-state index contributed by atoms with van der Waals surface area (Å²) in [5, 5.41) is 0. The van der Waals surface area contributed by atoms with Crippen LogP contribution in [0, 0.1) is 0 Å². The van der Waals surface area contributed by atoms with E-state index in [9.17, 15) is 0 Å². The summed E-state index contributed by atoms with van der Waals surface area (Å²) in [4.78, 5) is 0.990. The third-order valence-corrected chi connectivity index (χ3v) is 3.45. The van der Waals surface area contributed by atoms with Gasteiger partial charge in [0, 0.05) is 4.90 Å². The van der Waals surface area contributed by atoms with E-state index in [0.717, 1.165) is 4.90 Å². The van der Waals surface area contributed by atoms with Gasteiger partial charge in [-0.1, -0.05) is 66.7 Å². The maximum Gasteiger partial charge on any atom is 0.00461 e. The molecule has 3 aromatic rings. The van der Waals surface area contributed by atoms with Gasteiger partial charge in [0.1, 0.15) is 0 Å². The van der Waals surface area contributed by atoms with E-state index in [0.29, 0.717) is 0 Å². The molecular weight excluding hydrogens is 248 g/mol. The second-order valence-electron chi connectivity index (χ2n) is 4.49. The van der Waals surface area contributed by atoms with Crippen LogP contribution in [0.3, 0.4) is 0 Å². The summed E-state index contributed by atoms with van der Waals surface area (Å²) in [7, 11) is 0. The summed E-state index contributed by atoms with van der Waals surface area (Å²) in [6, 6.07) is 27.3. The summed E-state index contributed by atoms with van der Waals surface area (Å²) in [5.74, 6) is 0. The highest BCUT2D eigenvalue weighted by atomic mass is 32.1. The second kappa shape index (κ2) is 5.33. The first kappa shape index (κ1) is 12.1. The molecule has 0 N–H and O–H groups in total. The Morgan fingerprint density at radius 2 is 1.00 bits per heavy atom. The van der Waals surface area contributed by atoms with Crippen molar-refractivity contribution in [2.45, 2.75) is 4.90 Å². The van der Waals surface area contributed by atoms with Gasteiger partial charge in [0.05, 0.1) is 0 Å². The summed E-state index contributed by atoms with van der Waals surface area (Å²) in [6.45, 7) is 0. The minimum Gasteiger partial charge on any atom is -0.143 e. The minimum atomic E-state index is 0.990. The third-order valence-electron chi connectivity index (χ3n) is 3.17. The van der Waals surface area contributed by atoms with Crippen LogP contribution >= 0.6 is 12.6 Å². The quantitative estimate of drug-likeness (QED) is 0.594. The molecule has 19 heavy (non-hydrogen) atoms. The molecule has 0 bridgehead atoms. The molecule has 0 unspecified atom stereocenters. The standard InChI is InChI=1S/C18H14S/c19-18-8-4-7-17(13-18)16-11-9-15(10-12-16)14-5-2-1-3-6-14/h1-13,19H. The summed E-state index contributed by atoms with van der Waals surface area (Å²) < 4.78 is 0. The van der Waals surface area contributed by atoms with E-state index in [1.165, 1.54) is 22.3 Å². The molecule has 0 fully saturated rings. The lowest BCUT2D eigenvalue weighted by Crippen LogP contribution is -1.80. The van der Waals surface area contributed by atoms with Crippen molar-refractivity contribution in [1.82, 2.24) is 0 Å². The summed E-state index contributed by atoms with van der Waals surface area (Å²) >= 11 is 4.38. The van der Waals surface area contributed by atoms with E-state index < -0.39 is 0 Å². The van der Waals surface area contributed by atoms with Crippen molar-refractivity contribution in [3.05, 3.63) is 78.9 Å². The van der Waals surface area contributed by atoms with E-state index in [2.05, 4.69) is 73.3 Å². The van der Waals surface area contributed by atoms with E-state index in [1.807, 2.05) is 18.2 Å². The fourth-order valence-corrected chi connectivity index (χ4v) is 2.40. The highest BCUT2D eigenvalue weighted by Crippen LogP contribution is 2.25. The van der Waals surface area contributed by atoms with Gasteiger partial charge in [-0.15, -0.1) is 12.6 Å². The van der Waals surface area contributed by atoms with Gasteiger partial charge < -0.3 is 0 Å². The zero-order chi connectivity index (χ0) is 13.1. The lowest BCUT2D eigenvalue weighted by molar-refractivity contribution is 1.47. The maximum atomic E-state index is 4.38. The van der Waals surface area contributed by atoms with Gasteiger partial charge in [0.2, 0.25) is 0 Å². The molecule has 3 aromatic carbocycles. The highest BCUT2D eigenvalue weighted by molar-refractivity contribution is 7.80. The zero-order valence-corrected chi connectivity index (χ0v) is 11.3. The van der Waals surface area contributed by atoms with Crippen LogP contribution in [-0.4, -0.2) is 0 Å². The van der Waals surface area contributed by atoms with Crippen molar-refractivity contribution in [2.75, 3.05) is 0 Å². The van der Waals surface area contributed by atoms with E-state index >= 15 is 0 Å². The molecule has 0 spiro atoms. The Morgan fingerprint density at radius 3 is 1.63 bits per heavy atom. The first-order chi connectivity index (χ1) is 9.33.